The molecular formula is C22H29NO3. The first kappa shape index (κ1) is 18.7. The second-order valence-electron chi connectivity index (χ2n) is 8.95. The van der Waals surface area contributed by atoms with Crippen LogP contribution in [0.2, 0.25) is 0 Å². The van der Waals surface area contributed by atoms with Gasteiger partial charge in [-0.25, -0.2) is 0 Å². The van der Waals surface area contributed by atoms with Crippen LogP contribution in [-0.4, -0.2) is 24.2 Å². The number of carbonyl (C=O) groups is 1. The lowest BCUT2D eigenvalue weighted by Gasteiger charge is -2.44. The second-order valence-corrected chi connectivity index (χ2v) is 8.95. The van der Waals surface area contributed by atoms with Gasteiger partial charge >= 0.3 is 5.97 Å². The molecule has 0 bridgehead atoms. The van der Waals surface area contributed by atoms with Gasteiger partial charge in [0.15, 0.2) is 0 Å². The number of carbonyl (C=O) groups excluding carboxylic acids is 1. The van der Waals surface area contributed by atoms with Gasteiger partial charge in [-0.05, 0) is 48.3 Å². The van der Waals surface area contributed by atoms with Gasteiger partial charge in [-0.2, -0.15) is 0 Å². The third-order valence-corrected chi connectivity index (χ3v) is 5.08. The fraction of sp³-hybridized carbons (Fsp3) is 0.545. The van der Waals surface area contributed by atoms with E-state index in [2.05, 4.69) is 32.7 Å². The smallest absolute Gasteiger partial charge is 0.309 e. The Hall–Kier alpha value is -2.10. The Labute approximate surface area is 155 Å². The summed E-state index contributed by atoms with van der Waals surface area (Å²) in [6.45, 7) is 9.58. The molecule has 1 aliphatic rings. The number of rotatable bonds is 5. The molecule has 1 aromatic carbocycles. The van der Waals surface area contributed by atoms with Gasteiger partial charge in [0.25, 0.3) is 0 Å². The molecule has 1 aliphatic carbocycles. The van der Waals surface area contributed by atoms with Gasteiger partial charge in [0.05, 0.1) is 11.4 Å². The van der Waals surface area contributed by atoms with Gasteiger partial charge in [0.1, 0.15) is 19.0 Å². The van der Waals surface area contributed by atoms with Crippen molar-refractivity contribution in [3.8, 4) is 5.75 Å². The number of esters is 1. The predicted molar refractivity (Wildman–Crippen MR) is 103 cm³/mol. The fourth-order valence-corrected chi connectivity index (χ4v) is 4.62. The van der Waals surface area contributed by atoms with Crippen molar-refractivity contribution >= 4 is 16.9 Å². The number of hydrogen-bond acceptors (Lipinski definition) is 4. The van der Waals surface area contributed by atoms with Crippen molar-refractivity contribution in [1.82, 2.24) is 4.98 Å². The highest BCUT2D eigenvalue weighted by Crippen LogP contribution is 2.48. The van der Waals surface area contributed by atoms with Crippen LogP contribution in [0.3, 0.4) is 0 Å². The van der Waals surface area contributed by atoms with Crippen LogP contribution in [-0.2, 0) is 9.53 Å². The van der Waals surface area contributed by atoms with Crippen LogP contribution in [0, 0.1) is 16.7 Å². The molecule has 1 saturated carbocycles. The molecule has 0 amide bonds. The molecule has 3 rings (SSSR count). The van der Waals surface area contributed by atoms with Crippen molar-refractivity contribution in [2.24, 2.45) is 16.7 Å². The quantitative estimate of drug-likeness (QED) is 0.559. The third-order valence-electron chi connectivity index (χ3n) is 5.08. The Balaban J connectivity index is 1.52. The number of benzene rings is 1. The first-order valence-corrected chi connectivity index (χ1v) is 9.39. The molecule has 0 atom stereocenters. The van der Waals surface area contributed by atoms with E-state index in [1.54, 1.807) is 6.20 Å². The topological polar surface area (TPSA) is 48.4 Å². The Bertz CT molecular complexity index is 761. The van der Waals surface area contributed by atoms with Crippen molar-refractivity contribution in [3.63, 3.8) is 0 Å². The number of para-hydroxylation sites is 1. The fourth-order valence-electron chi connectivity index (χ4n) is 4.62. The number of pyridine rings is 1. The lowest BCUT2D eigenvalue weighted by Crippen LogP contribution is -2.38. The minimum absolute atomic E-state index is 0.0181. The molecule has 0 radical (unpaired) electrons. The van der Waals surface area contributed by atoms with E-state index < -0.39 is 0 Å². The zero-order valence-corrected chi connectivity index (χ0v) is 16.2. The van der Waals surface area contributed by atoms with Gasteiger partial charge in [-0.15, -0.1) is 0 Å². The van der Waals surface area contributed by atoms with Gasteiger partial charge < -0.3 is 9.47 Å². The Morgan fingerprint density at radius 2 is 1.77 bits per heavy atom. The van der Waals surface area contributed by atoms with E-state index in [0.29, 0.717) is 6.61 Å². The van der Waals surface area contributed by atoms with Gasteiger partial charge in [-0.1, -0.05) is 39.8 Å². The van der Waals surface area contributed by atoms with E-state index >= 15 is 0 Å². The van der Waals surface area contributed by atoms with Crippen LogP contribution in [0.1, 0.15) is 47.0 Å². The van der Waals surface area contributed by atoms with Crippen molar-refractivity contribution < 1.29 is 14.3 Å². The first-order valence-electron chi connectivity index (χ1n) is 9.39. The SMILES string of the molecule is CC1(C)CC(C(=O)OCCOc2ccnc3ccccc23)CC(C)(C)C1. The molecular weight excluding hydrogens is 326 g/mol. The molecule has 140 valence electrons. The van der Waals surface area contributed by atoms with Gasteiger partial charge in [0.2, 0.25) is 0 Å². The van der Waals surface area contributed by atoms with E-state index in [-0.39, 0.29) is 29.3 Å². The Morgan fingerprint density at radius 3 is 2.50 bits per heavy atom. The molecule has 0 spiro atoms. The number of aromatic nitrogens is 1. The van der Waals surface area contributed by atoms with E-state index in [0.717, 1.165) is 35.9 Å². The molecule has 4 nitrogen and oxygen atoms in total. The van der Waals surface area contributed by atoms with Crippen LogP contribution in [0.25, 0.3) is 10.9 Å². The third kappa shape index (κ3) is 4.54. The first-order chi connectivity index (χ1) is 12.3. The minimum atomic E-state index is -0.0889. The van der Waals surface area contributed by atoms with Gasteiger partial charge in [0, 0.05) is 11.6 Å². The van der Waals surface area contributed by atoms with Crippen LogP contribution < -0.4 is 4.74 Å². The molecule has 0 saturated heterocycles. The molecule has 0 N–H and O–H groups in total. The average molecular weight is 355 g/mol. The second kappa shape index (κ2) is 7.26. The molecule has 1 heterocycles. The largest absolute Gasteiger partial charge is 0.489 e. The minimum Gasteiger partial charge on any atom is -0.489 e. The molecule has 2 aromatic rings. The van der Waals surface area contributed by atoms with Crippen molar-refractivity contribution in [3.05, 3.63) is 36.5 Å². The zero-order valence-electron chi connectivity index (χ0n) is 16.2. The summed E-state index contributed by atoms with van der Waals surface area (Å²) < 4.78 is 11.3. The lowest BCUT2D eigenvalue weighted by atomic mass is 9.61. The van der Waals surface area contributed by atoms with E-state index in [9.17, 15) is 4.79 Å². The maximum absolute atomic E-state index is 12.5. The standard InChI is InChI=1S/C22H29NO3/c1-21(2)13-16(14-22(3,4)15-21)20(24)26-12-11-25-19-9-10-23-18-8-6-5-7-17(18)19/h5-10,16H,11-15H2,1-4H3. The highest BCUT2D eigenvalue weighted by molar-refractivity contribution is 5.84. The highest BCUT2D eigenvalue weighted by atomic mass is 16.6. The predicted octanol–water partition coefficient (Wildman–Crippen LogP) is 5.01. The summed E-state index contributed by atoms with van der Waals surface area (Å²) in [6.07, 6.45) is 4.66. The van der Waals surface area contributed by atoms with E-state index in [4.69, 9.17) is 9.47 Å². The summed E-state index contributed by atoms with van der Waals surface area (Å²) in [6, 6.07) is 9.69. The van der Waals surface area contributed by atoms with Crippen molar-refractivity contribution in [2.75, 3.05) is 13.2 Å². The number of hydrogen-bond donors (Lipinski definition) is 0. The maximum Gasteiger partial charge on any atom is 0.309 e. The molecule has 1 aromatic heterocycles. The zero-order chi connectivity index (χ0) is 18.8. The lowest BCUT2D eigenvalue weighted by molar-refractivity contribution is -0.154. The molecule has 26 heavy (non-hydrogen) atoms. The summed E-state index contributed by atoms with van der Waals surface area (Å²) in [5, 5.41) is 0.970. The Morgan fingerprint density at radius 1 is 1.08 bits per heavy atom. The van der Waals surface area contributed by atoms with Crippen LogP contribution in [0.5, 0.6) is 5.75 Å². The summed E-state index contributed by atoms with van der Waals surface area (Å²) in [4.78, 5) is 16.8. The highest BCUT2D eigenvalue weighted by Gasteiger charge is 2.41. The summed E-state index contributed by atoms with van der Waals surface area (Å²) in [5.74, 6) is 0.663. The van der Waals surface area contributed by atoms with E-state index in [1.807, 2.05) is 30.3 Å². The van der Waals surface area contributed by atoms with Crippen LogP contribution in [0.4, 0.5) is 0 Å². The van der Waals surface area contributed by atoms with Crippen LogP contribution >= 0.6 is 0 Å². The molecule has 0 aliphatic heterocycles. The number of nitrogens with zero attached hydrogens (tertiary/aromatic N) is 1. The monoisotopic (exact) mass is 355 g/mol. The van der Waals surface area contributed by atoms with Crippen molar-refractivity contribution in [2.45, 2.75) is 47.0 Å². The Kier molecular flexibility index (Phi) is 5.22. The number of ether oxygens (including phenoxy) is 2. The number of fused-ring (bicyclic) bond motifs is 1. The maximum atomic E-state index is 12.5. The van der Waals surface area contributed by atoms with Crippen LogP contribution in [0.15, 0.2) is 36.5 Å². The van der Waals surface area contributed by atoms with Gasteiger partial charge in [-0.3, -0.25) is 9.78 Å². The summed E-state index contributed by atoms with van der Waals surface area (Å²) >= 11 is 0. The molecule has 0 unspecified atom stereocenters. The summed E-state index contributed by atoms with van der Waals surface area (Å²) in [7, 11) is 0. The normalized spacial score (nSPS) is 19.2. The van der Waals surface area contributed by atoms with E-state index in [1.165, 1.54) is 0 Å². The summed E-state index contributed by atoms with van der Waals surface area (Å²) in [5.41, 5.74) is 1.25. The van der Waals surface area contributed by atoms with Crippen molar-refractivity contribution in [1.29, 1.82) is 0 Å². The molecule has 1 fully saturated rings. The average Bonchev–Trinajstić information content (AvgIpc) is 2.56. The molecule has 4 heteroatoms.